The first-order chi connectivity index (χ1) is 20.0. The molecule has 0 saturated carbocycles. The normalized spacial score (nSPS) is 15.0. The summed E-state index contributed by atoms with van der Waals surface area (Å²) in [6.07, 6.45) is 1.91. The standard InChI is InChI=1S/C34H51N3O5/c1-6-7-18-31(40)35-28(20-26-16-12-9-13-17-26)30(39)21-27(19-25-14-10-8-11-15-25)33(41)37-32(24(4)5)34(42)36-29(22-38)23(2)3/h8-17,23-24,27-30,32,38-39H,6-7,18-22H2,1-5H3,(H,35,40)(H,36,42)(H,37,41)/t27-,28-,29+,30-,32-/m0/s1. The van der Waals surface area contributed by atoms with E-state index >= 15 is 0 Å². The smallest absolute Gasteiger partial charge is 0.243 e. The van der Waals surface area contributed by atoms with E-state index in [4.69, 9.17) is 0 Å². The van der Waals surface area contributed by atoms with Gasteiger partial charge in [0.15, 0.2) is 0 Å². The summed E-state index contributed by atoms with van der Waals surface area (Å²) in [5.41, 5.74) is 1.91. The fourth-order valence-electron chi connectivity index (χ4n) is 4.91. The van der Waals surface area contributed by atoms with Crippen molar-refractivity contribution in [2.45, 2.75) is 97.4 Å². The molecule has 8 nitrogen and oxygen atoms in total. The van der Waals surface area contributed by atoms with Gasteiger partial charge in [0.2, 0.25) is 17.7 Å². The van der Waals surface area contributed by atoms with E-state index < -0.39 is 30.1 Å². The van der Waals surface area contributed by atoms with Gasteiger partial charge in [-0.1, -0.05) is 102 Å². The molecule has 0 aliphatic heterocycles. The van der Waals surface area contributed by atoms with Crippen LogP contribution in [0.1, 0.15) is 71.4 Å². The van der Waals surface area contributed by atoms with Crippen molar-refractivity contribution in [2.24, 2.45) is 17.8 Å². The highest BCUT2D eigenvalue weighted by atomic mass is 16.3. The average molecular weight is 582 g/mol. The second-order valence-corrected chi connectivity index (χ2v) is 11.9. The van der Waals surface area contributed by atoms with Gasteiger partial charge in [-0.3, -0.25) is 14.4 Å². The first-order valence-electron chi connectivity index (χ1n) is 15.3. The largest absolute Gasteiger partial charge is 0.394 e. The Balaban J connectivity index is 2.29. The SMILES string of the molecule is CCCCC(=O)N[C@@H](Cc1ccccc1)[C@@H](O)C[C@H](Cc1ccccc1)C(=O)N[C@H](C(=O)N[C@H](CO)C(C)C)C(C)C. The van der Waals surface area contributed by atoms with Crippen LogP contribution >= 0.6 is 0 Å². The average Bonchev–Trinajstić information content (AvgIpc) is 2.97. The second-order valence-electron chi connectivity index (χ2n) is 11.9. The topological polar surface area (TPSA) is 128 Å². The van der Waals surface area contributed by atoms with Gasteiger partial charge in [0, 0.05) is 12.3 Å². The summed E-state index contributed by atoms with van der Waals surface area (Å²) in [7, 11) is 0. The number of benzene rings is 2. The minimum atomic E-state index is -0.999. The zero-order chi connectivity index (χ0) is 31.1. The summed E-state index contributed by atoms with van der Waals surface area (Å²) in [6.45, 7) is 9.36. The van der Waals surface area contributed by atoms with Crippen LogP contribution in [0.3, 0.4) is 0 Å². The Morgan fingerprint density at radius 1 is 0.738 bits per heavy atom. The molecule has 0 radical (unpaired) electrons. The Bertz CT molecular complexity index is 1080. The number of unbranched alkanes of at least 4 members (excludes halogenated alkanes) is 1. The molecule has 232 valence electrons. The molecule has 0 aliphatic carbocycles. The summed E-state index contributed by atoms with van der Waals surface area (Å²) in [5.74, 6) is -1.64. The number of hydrogen-bond donors (Lipinski definition) is 5. The van der Waals surface area contributed by atoms with Gasteiger partial charge in [0.1, 0.15) is 6.04 Å². The molecule has 0 spiro atoms. The molecule has 0 bridgehead atoms. The van der Waals surface area contributed by atoms with Crippen molar-refractivity contribution in [3.05, 3.63) is 71.8 Å². The summed E-state index contributed by atoms with van der Waals surface area (Å²) in [6, 6.07) is 17.4. The molecule has 0 aromatic heterocycles. The van der Waals surface area contributed by atoms with Crippen LogP contribution < -0.4 is 16.0 Å². The third-order valence-corrected chi connectivity index (χ3v) is 7.66. The van der Waals surface area contributed by atoms with Crippen LogP contribution in [0.5, 0.6) is 0 Å². The van der Waals surface area contributed by atoms with Gasteiger partial charge < -0.3 is 26.2 Å². The molecule has 3 amide bonds. The lowest BCUT2D eigenvalue weighted by molar-refractivity contribution is -0.133. The predicted octanol–water partition coefficient (Wildman–Crippen LogP) is 3.79. The minimum Gasteiger partial charge on any atom is -0.394 e. The number of rotatable bonds is 18. The predicted molar refractivity (Wildman–Crippen MR) is 166 cm³/mol. The highest BCUT2D eigenvalue weighted by Crippen LogP contribution is 2.20. The van der Waals surface area contributed by atoms with E-state index in [1.807, 2.05) is 95.3 Å². The van der Waals surface area contributed by atoms with Crippen LogP contribution in [-0.4, -0.2) is 58.8 Å². The van der Waals surface area contributed by atoms with Gasteiger partial charge in [-0.2, -0.15) is 0 Å². The molecule has 0 aliphatic rings. The summed E-state index contributed by atoms with van der Waals surface area (Å²) in [5, 5.41) is 30.0. The molecular weight excluding hydrogens is 530 g/mol. The number of aliphatic hydroxyl groups is 2. The van der Waals surface area contributed by atoms with E-state index in [-0.39, 0.29) is 42.6 Å². The Kier molecular flexibility index (Phi) is 15.3. The highest BCUT2D eigenvalue weighted by Gasteiger charge is 2.32. The highest BCUT2D eigenvalue weighted by molar-refractivity contribution is 5.89. The molecule has 2 aromatic carbocycles. The first kappa shape index (κ1) is 35.0. The quantitative estimate of drug-likeness (QED) is 0.183. The molecule has 0 heterocycles. The van der Waals surface area contributed by atoms with E-state index in [0.29, 0.717) is 19.3 Å². The van der Waals surface area contributed by atoms with Gasteiger partial charge in [-0.25, -0.2) is 0 Å². The number of aliphatic hydroxyl groups excluding tert-OH is 2. The Morgan fingerprint density at radius 2 is 1.31 bits per heavy atom. The summed E-state index contributed by atoms with van der Waals surface area (Å²) in [4.78, 5) is 39.7. The second kappa shape index (κ2) is 18.3. The van der Waals surface area contributed by atoms with Crippen molar-refractivity contribution in [3.63, 3.8) is 0 Å². The van der Waals surface area contributed by atoms with E-state index in [9.17, 15) is 24.6 Å². The number of hydrogen-bond acceptors (Lipinski definition) is 5. The number of carbonyl (C=O) groups excluding carboxylic acids is 3. The van der Waals surface area contributed by atoms with Gasteiger partial charge >= 0.3 is 0 Å². The maximum absolute atomic E-state index is 13.8. The Hall–Kier alpha value is -3.23. The van der Waals surface area contributed by atoms with Crippen LogP contribution in [0.15, 0.2) is 60.7 Å². The molecule has 42 heavy (non-hydrogen) atoms. The zero-order valence-electron chi connectivity index (χ0n) is 25.9. The van der Waals surface area contributed by atoms with Crippen molar-refractivity contribution in [3.8, 4) is 0 Å². The van der Waals surface area contributed by atoms with Crippen LogP contribution in [-0.2, 0) is 27.2 Å². The van der Waals surface area contributed by atoms with E-state index in [2.05, 4.69) is 16.0 Å². The van der Waals surface area contributed by atoms with Crippen LogP contribution in [0.25, 0.3) is 0 Å². The lowest BCUT2D eigenvalue weighted by Crippen LogP contribution is -2.55. The van der Waals surface area contributed by atoms with E-state index in [0.717, 1.165) is 24.0 Å². The number of carbonyl (C=O) groups is 3. The number of nitrogens with one attached hydrogen (secondary N) is 3. The van der Waals surface area contributed by atoms with Crippen LogP contribution in [0.4, 0.5) is 0 Å². The van der Waals surface area contributed by atoms with Gasteiger partial charge in [0.25, 0.3) is 0 Å². The minimum absolute atomic E-state index is 0.0255. The van der Waals surface area contributed by atoms with Crippen molar-refractivity contribution < 1.29 is 24.6 Å². The molecule has 5 atom stereocenters. The fraction of sp³-hybridized carbons (Fsp3) is 0.559. The van der Waals surface area contributed by atoms with Gasteiger partial charge in [-0.15, -0.1) is 0 Å². The third kappa shape index (κ3) is 11.9. The lowest BCUT2D eigenvalue weighted by atomic mass is 9.88. The Labute approximate surface area is 251 Å². The Morgan fingerprint density at radius 3 is 1.81 bits per heavy atom. The maximum atomic E-state index is 13.8. The van der Waals surface area contributed by atoms with Crippen molar-refractivity contribution in [2.75, 3.05) is 6.61 Å². The van der Waals surface area contributed by atoms with Gasteiger partial charge in [0.05, 0.1) is 24.8 Å². The summed E-state index contributed by atoms with van der Waals surface area (Å²) < 4.78 is 0. The molecule has 5 N–H and O–H groups in total. The molecule has 0 fully saturated rings. The van der Waals surface area contributed by atoms with E-state index in [1.165, 1.54) is 0 Å². The lowest BCUT2D eigenvalue weighted by Gasteiger charge is -2.30. The molecule has 2 rings (SSSR count). The molecule has 0 unspecified atom stereocenters. The number of amides is 3. The fourth-order valence-corrected chi connectivity index (χ4v) is 4.91. The van der Waals surface area contributed by atoms with Crippen molar-refractivity contribution in [1.82, 2.24) is 16.0 Å². The van der Waals surface area contributed by atoms with Crippen molar-refractivity contribution in [1.29, 1.82) is 0 Å². The molecular formula is C34H51N3O5. The van der Waals surface area contributed by atoms with Crippen LogP contribution in [0, 0.1) is 17.8 Å². The maximum Gasteiger partial charge on any atom is 0.243 e. The first-order valence-corrected chi connectivity index (χ1v) is 15.3. The molecule has 0 saturated heterocycles. The summed E-state index contributed by atoms with van der Waals surface area (Å²) >= 11 is 0. The van der Waals surface area contributed by atoms with Crippen molar-refractivity contribution >= 4 is 17.7 Å². The molecule has 2 aromatic rings. The van der Waals surface area contributed by atoms with Crippen LogP contribution in [0.2, 0.25) is 0 Å². The van der Waals surface area contributed by atoms with Gasteiger partial charge in [-0.05, 0) is 48.6 Å². The molecule has 8 heteroatoms. The monoisotopic (exact) mass is 581 g/mol. The van der Waals surface area contributed by atoms with E-state index in [1.54, 1.807) is 0 Å². The zero-order valence-corrected chi connectivity index (χ0v) is 25.9. The third-order valence-electron chi connectivity index (χ3n) is 7.66.